The third-order valence-electron chi connectivity index (χ3n) is 3.62. The van der Waals surface area contributed by atoms with E-state index in [0.29, 0.717) is 13.1 Å². The van der Waals surface area contributed by atoms with Crippen molar-refractivity contribution in [3.8, 4) is 0 Å². The van der Waals surface area contributed by atoms with Crippen molar-refractivity contribution < 1.29 is 9.53 Å². The molecule has 6 nitrogen and oxygen atoms in total. The maximum Gasteiger partial charge on any atom is 0.407 e. The van der Waals surface area contributed by atoms with Gasteiger partial charge in [0.15, 0.2) is 0 Å². The summed E-state index contributed by atoms with van der Waals surface area (Å²) in [6.07, 6.45) is 4.06. The smallest absolute Gasteiger partial charge is 0.407 e. The minimum atomic E-state index is -0.489. The van der Waals surface area contributed by atoms with E-state index in [9.17, 15) is 4.79 Å². The Morgan fingerprint density at radius 3 is 2.27 bits per heavy atom. The molecule has 1 amide bonds. The van der Waals surface area contributed by atoms with E-state index in [2.05, 4.69) is 20.2 Å². The van der Waals surface area contributed by atoms with Gasteiger partial charge in [-0.2, -0.15) is 0 Å². The lowest BCUT2D eigenvalue weighted by Gasteiger charge is -2.23. The molecule has 0 unspecified atom stereocenters. The summed E-state index contributed by atoms with van der Waals surface area (Å²) < 4.78 is 5.28. The minimum Gasteiger partial charge on any atom is -0.444 e. The van der Waals surface area contributed by atoms with Crippen LogP contribution in [-0.4, -0.2) is 46.2 Å². The third-order valence-corrected chi connectivity index (χ3v) is 3.62. The number of pyridine rings is 2. The minimum absolute atomic E-state index is 0.389. The van der Waals surface area contributed by atoms with Gasteiger partial charge in [-0.3, -0.25) is 14.9 Å². The zero-order valence-electron chi connectivity index (χ0n) is 15.8. The number of carbonyl (C=O) groups excluding carboxylic acids is 1. The topological polar surface area (TPSA) is 67.3 Å². The van der Waals surface area contributed by atoms with Crippen molar-refractivity contribution in [1.82, 2.24) is 20.2 Å². The molecule has 0 aliphatic carbocycles. The summed E-state index contributed by atoms with van der Waals surface area (Å²) in [5, 5.41) is 2.81. The van der Waals surface area contributed by atoms with E-state index in [1.807, 2.05) is 63.4 Å². The van der Waals surface area contributed by atoms with Gasteiger partial charge < -0.3 is 10.1 Å². The quantitative estimate of drug-likeness (QED) is 0.787. The fourth-order valence-electron chi connectivity index (χ4n) is 2.44. The first-order chi connectivity index (χ1) is 12.4. The Balaban J connectivity index is 1.86. The average molecular weight is 356 g/mol. The van der Waals surface area contributed by atoms with Crippen LogP contribution in [0.3, 0.4) is 0 Å². The Kier molecular flexibility index (Phi) is 7.53. The molecule has 0 aliphatic rings. The highest BCUT2D eigenvalue weighted by molar-refractivity contribution is 5.67. The molecule has 0 fully saturated rings. The number of aromatic nitrogens is 2. The van der Waals surface area contributed by atoms with Crippen LogP contribution in [0.5, 0.6) is 0 Å². The molecule has 1 N–H and O–H groups in total. The average Bonchev–Trinajstić information content (AvgIpc) is 2.60. The number of hydrogen-bond acceptors (Lipinski definition) is 5. The van der Waals surface area contributed by atoms with Crippen LogP contribution < -0.4 is 5.32 Å². The van der Waals surface area contributed by atoms with E-state index in [4.69, 9.17) is 4.74 Å². The highest BCUT2D eigenvalue weighted by Gasteiger charge is 2.16. The van der Waals surface area contributed by atoms with E-state index in [-0.39, 0.29) is 6.09 Å². The maximum absolute atomic E-state index is 11.8. The molecule has 140 valence electrons. The highest BCUT2D eigenvalue weighted by Crippen LogP contribution is 2.07. The summed E-state index contributed by atoms with van der Waals surface area (Å²) in [7, 11) is 0. The first-order valence-corrected chi connectivity index (χ1v) is 8.91. The second-order valence-electron chi connectivity index (χ2n) is 7.10. The predicted molar refractivity (Wildman–Crippen MR) is 102 cm³/mol. The van der Waals surface area contributed by atoms with Gasteiger partial charge in [-0.1, -0.05) is 12.1 Å². The number of ether oxygens (including phenoxy) is 1. The third kappa shape index (κ3) is 8.07. The molecule has 6 heteroatoms. The molecule has 0 atom stereocenters. The molecular formula is C20H28N4O2. The molecule has 2 aromatic heterocycles. The van der Waals surface area contributed by atoms with Crippen molar-refractivity contribution in [2.45, 2.75) is 39.3 Å². The van der Waals surface area contributed by atoms with E-state index >= 15 is 0 Å². The van der Waals surface area contributed by atoms with Crippen LogP contribution in [0.2, 0.25) is 0 Å². The zero-order valence-corrected chi connectivity index (χ0v) is 15.8. The van der Waals surface area contributed by atoms with E-state index in [1.165, 1.54) is 0 Å². The molecule has 0 aromatic carbocycles. The molecule has 0 spiro atoms. The summed E-state index contributed by atoms with van der Waals surface area (Å²) in [6.45, 7) is 8.35. The number of nitrogens with zero attached hydrogens (tertiary/aromatic N) is 3. The SMILES string of the molecule is CC(C)(C)OC(=O)NCCN(CCc1ccccn1)Cc1ccccn1. The molecule has 0 saturated carbocycles. The number of hydrogen-bond donors (Lipinski definition) is 1. The first-order valence-electron chi connectivity index (χ1n) is 8.91. The van der Waals surface area contributed by atoms with Gasteiger partial charge in [0, 0.05) is 50.7 Å². The van der Waals surface area contributed by atoms with Crippen LogP contribution in [0.25, 0.3) is 0 Å². The Hall–Kier alpha value is -2.47. The normalized spacial score (nSPS) is 11.4. The van der Waals surface area contributed by atoms with Crippen molar-refractivity contribution in [1.29, 1.82) is 0 Å². The fourth-order valence-corrected chi connectivity index (χ4v) is 2.44. The lowest BCUT2D eigenvalue weighted by atomic mass is 10.2. The van der Waals surface area contributed by atoms with Crippen molar-refractivity contribution >= 4 is 6.09 Å². The standard InChI is InChI=1S/C20H28N4O2/c1-20(2,3)26-19(25)23-13-15-24(16-18-9-5-7-12-22-18)14-10-17-8-4-6-11-21-17/h4-9,11-12H,10,13-16H2,1-3H3,(H,23,25). The number of amides is 1. The molecule has 0 saturated heterocycles. The summed E-state index contributed by atoms with van der Waals surface area (Å²) in [6, 6.07) is 11.8. The van der Waals surface area contributed by atoms with E-state index < -0.39 is 5.60 Å². The van der Waals surface area contributed by atoms with Gasteiger partial charge in [-0.25, -0.2) is 4.79 Å². The molecule has 26 heavy (non-hydrogen) atoms. The Morgan fingerprint density at radius 2 is 1.69 bits per heavy atom. The Labute approximate surface area is 155 Å². The van der Waals surface area contributed by atoms with Crippen molar-refractivity contribution in [3.63, 3.8) is 0 Å². The zero-order chi connectivity index (χ0) is 18.8. The van der Waals surface area contributed by atoms with Crippen LogP contribution in [0.15, 0.2) is 48.8 Å². The van der Waals surface area contributed by atoms with Crippen LogP contribution in [-0.2, 0) is 17.7 Å². The van der Waals surface area contributed by atoms with Gasteiger partial charge in [0.05, 0.1) is 5.69 Å². The molecule has 2 rings (SSSR count). The predicted octanol–water partition coefficient (Wildman–Crippen LogP) is 3.05. The summed E-state index contributed by atoms with van der Waals surface area (Å²) in [4.78, 5) is 22.8. The van der Waals surface area contributed by atoms with Gasteiger partial charge in [0.25, 0.3) is 0 Å². The second kappa shape index (κ2) is 9.87. The largest absolute Gasteiger partial charge is 0.444 e. The van der Waals surface area contributed by atoms with Gasteiger partial charge in [-0.15, -0.1) is 0 Å². The van der Waals surface area contributed by atoms with Gasteiger partial charge in [0.1, 0.15) is 5.60 Å². The molecule has 2 aromatic rings. The van der Waals surface area contributed by atoms with Crippen LogP contribution in [0.1, 0.15) is 32.2 Å². The van der Waals surface area contributed by atoms with Gasteiger partial charge >= 0.3 is 6.09 Å². The summed E-state index contributed by atoms with van der Waals surface area (Å²) in [5.41, 5.74) is 1.57. The molecule has 0 bridgehead atoms. The van der Waals surface area contributed by atoms with Crippen molar-refractivity contribution in [3.05, 3.63) is 60.2 Å². The Morgan fingerprint density at radius 1 is 1.04 bits per heavy atom. The van der Waals surface area contributed by atoms with Gasteiger partial charge in [0.2, 0.25) is 0 Å². The summed E-state index contributed by atoms with van der Waals surface area (Å²) >= 11 is 0. The molecule has 2 heterocycles. The lowest BCUT2D eigenvalue weighted by molar-refractivity contribution is 0.0521. The highest BCUT2D eigenvalue weighted by atomic mass is 16.6. The van der Waals surface area contributed by atoms with Gasteiger partial charge in [-0.05, 0) is 45.0 Å². The molecule has 0 radical (unpaired) electrons. The van der Waals surface area contributed by atoms with E-state index in [0.717, 1.165) is 30.9 Å². The number of alkyl carbamates (subject to hydrolysis) is 1. The Bertz CT molecular complexity index is 657. The molecular weight excluding hydrogens is 328 g/mol. The summed E-state index contributed by atoms with van der Waals surface area (Å²) in [5.74, 6) is 0. The number of nitrogens with one attached hydrogen (secondary N) is 1. The lowest BCUT2D eigenvalue weighted by Crippen LogP contribution is -2.38. The molecule has 0 aliphatic heterocycles. The van der Waals surface area contributed by atoms with Crippen LogP contribution >= 0.6 is 0 Å². The van der Waals surface area contributed by atoms with Crippen molar-refractivity contribution in [2.75, 3.05) is 19.6 Å². The maximum atomic E-state index is 11.8. The van der Waals surface area contributed by atoms with Crippen LogP contribution in [0.4, 0.5) is 4.79 Å². The second-order valence-corrected chi connectivity index (χ2v) is 7.10. The van der Waals surface area contributed by atoms with Crippen LogP contribution in [0, 0.1) is 0 Å². The number of carbonyl (C=O) groups is 1. The fraction of sp³-hybridized carbons (Fsp3) is 0.450. The van der Waals surface area contributed by atoms with E-state index in [1.54, 1.807) is 6.20 Å². The number of rotatable bonds is 8. The monoisotopic (exact) mass is 356 g/mol. The first kappa shape index (κ1) is 19.8. The van der Waals surface area contributed by atoms with Crippen molar-refractivity contribution in [2.24, 2.45) is 0 Å².